The summed E-state index contributed by atoms with van der Waals surface area (Å²) >= 11 is 0. The van der Waals surface area contributed by atoms with Crippen LogP contribution in [-0.4, -0.2) is 14.7 Å². The van der Waals surface area contributed by atoms with Gasteiger partial charge in [-0.05, 0) is 17.7 Å². The molecule has 0 aliphatic heterocycles. The molecular weight excluding hydrogens is 188 g/mol. The van der Waals surface area contributed by atoms with Gasteiger partial charge < -0.3 is 9.67 Å². The van der Waals surface area contributed by atoms with Crippen molar-refractivity contribution in [3.05, 3.63) is 48.0 Å². The van der Waals surface area contributed by atoms with Gasteiger partial charge in [0.25, 0.3) is 0 Å². The largest absolute Gasteiger partial charge is 0.392 e. The third-order valence-corrected chi connectivity index (χ3v) is 2.43. The Morgan fingerprint density at radius 1 is 1.27 bits per heavy atom. The van der Waals surface area contributed by atoms with E-state index in [0.29, 0.717) is 0 Å². The minimum absolute atomic E-state index is 0.0881. The first kappa shape index (κ1) is 9.93. The molecule has 0 atom stereocenters. The minimum Gasteiger partial charge on any atom is -0.392 e. The van der Waals surface area contributed by atoms with E-state index in [-0.39, 0.29) is 6.61 Å². The Bertz CT molecular complexity index is 431. The number of nitrogens with zero attached hydrogens (tertiary/aromatic N) is 2. The van der Waals surface area contributed by atoms with E-state index in [1.54, 1.807) is 6.20 Å². The molecule has 1 aromatic heterocycles. The fourth-order valence-electron chi connectivity index (χ4n) is 1.59. The maximum absolute atomic E-state index is 8.94. The predicted octanol–water partition coefficient (Wildman–Crippen LogP) is 1.93. The summed E-state index contributed by atoms with van der Waals surface area (Å²) in [5.74, 6) is 1.05. The summed E-state index contributed by atoms with van der Waals surface area (Å²) in [6.45, 7) is 2.17. The number of hydrogen-bond donors (Lipinski definition) is 1. The Kier molecular flexibility index (Phi) is 2.83. The number of benzene rings is 1. The molecular formula is C12H14N2O. The van der Waals surface area contributed by atoms with Crippen LogP contribution in [0.2, 0.25) is 0 Å². The van der Waals surface area contributed by atoms with Gasteiger partial charge in [-0.15, -0.1) is 0 Å². The normalized spacial score (nSPS) is 10.5. The lowest BCUT2D eigenvalue weighted by molar-refractivity contribution is 0.282. The van der Waals surface area contributed by atoms with E-state index in [2.05, 4.69) is 16.5 Å². The molecule has 1 heterocycles. The van der Waals surface area contributed by atoms with Crippen molar-refractivity contribution in [3.8, 4) is 5.69 Å². The summed E-state index contributed by atoms with van der Waals surface area (Å²) in [5.41, 5.74) is 2.01. The second kappa shape index (κ2) is 4.28. The van der Waals surface area contributed by atoms with Crippen molar-refractivity contribution >= 4 is 0 Å². The van der Waals surface area contributed by atoms with Gasteiger partial charge in [-0.1, -0.05) is 19.1 Å². The summed E-state index contributed by atoms with van der Waals surface area (Å²) in [6, 6.07) is 7.84. The summed E-state index contributed by atoms with van der Waals surface area (Å²) < 4.78 is 2.06. The van der Waals surface area contributed by atoms with Crippen molar-refractivity contribution in [3.63, 3.8) is 0 Å². The SMILES string of the molecule is CCc1nccn1-c1ccc(CO)cc1. The van der Waals surface area contributed by atoms with Gasteiger partial charge in [0.1, 0.15) is 5.82 Å². The Morgan fingerprint density at radius 2 is 2.00 bits per heavy atom. The van der Waals surface area contributed by atoms with Gasteiger partial charge in [0.2, 0.25) is 0 Å². The van der Waals surface area contributed by atoms with Gasteiger partial charge in [0.15, 0.2) is 0 Å². The molecule has 3 heteroatoms. The first-order valence-electron chi connectivity index (χ1n) is 5.07. The maximum atomic E-state index is 8.94. The van der Waals surface area contributed by atoms with E-state index in [0.717, 1.165) is 23.5 Å². The van der Waals surface area contributed by atoms with Gasteiger partial charge in [0, 0.05) is 24.5 Å². The van der Waals surface area contributed by atoms with Crippen molar-refractivity contribution in [2.45, 2.75) is 20.0 Å². The topological polar surface area (TPSA) is 38.0 Å². The molecule has 2 rings (SSSR count). The third-order valence-electron chi connectivity index (χ3n) is 2.43. The van der Waals surface area contributed by atoms with Crippen molar-refractivity contribution in [2.24, 2.45) is 0 Å². The lowest BCUT2D eigenvalue weighted by Crippen LogP contribution is -1.98. The molecule has 0 radical (unpaired) electrons. The Hall–Kier alpha value is -1.61. The molecule has 0 bridgehead atoms. The molecule has 3 nitrogen and oxygen atoms in total. The lowest BCUT2D eigenvalue weighted by atomic mass is 10.2. The molecule has 0 saturated heterocycles. The highest BCUT2D eigenvalue weighted by Gasteiger charge is 2.02. The average molecular weight is 202 g/mol. The molecule has 1 N–H and O–H groups in total. The highest BCUT2D eigenvalue weighted by Crippen LogP contribution is 2.12. The zero-order chi connectivity index (χ0) is 10.7. The molecule has 0 amide bonds. The number of aromatic nitrogens is 2. The molecule has 0 saturated carbocycles. The number of imidazole rings is 1. The molecule has 0 aliphatic carbocycles. The minimum atomic E-state index is 0.0881. The second-order valence-corrected chi connectivity index (χ2v) is 3.39. The van der Waals surface area contributed by atoms with Crippen LogP contribution in [0.25, 0.3) is 5.69 Å². The van der Waals surface area contributed by atoms with Crippen molar-refractivity contribution in [1.82, 2.24) is 9.55 Å². The lowest BCUT2D eigenvalue weighted by Gasteiger charge is -2.06. The van der Waals surface area contributed by atoms with Crippen LogP contribution < -0.4 is 0 Å². The van der Waals surface area contributed by atoms with E-state index >= 15 is 0 Å². The molecule has 0 unspecified atom stereocenters. The molecule has 0 aliphatic rings. The van der Waals surface area contributed by atoms with E-state index in [9.17, 15) is 0 Å². The van der Waals surface area contributed by atoms with Gasteiger partial charge >= 0.3 is 0 Å². The average Bonchev–Trinajstić information content (AvgIpc) is 2.77. The summed E-state index contributed by atoms with van der Waals surface area (Å²) in [6.07, 6.45) is 4.67. The molecule has 2 aromatic rings. The summed E-state index contributed by atoms with van der Waals surface area (Å²) in [4.78, 5) is 4.27. The van der Waals surface area contributed by atoms with Crippen molar-refractivity contribution in [1.29, 1.82) is 0 Å². The van der Waals surface area contributed by atoms with Gasteiger partial charge in [0.05, 0.1) is 6.61 Å². The second-order valence-electron chi connectivity index (χ2n) is 3.39. The highest BCUT2D eigenvalue weighted by atomic mass is 16.3. The first-order chi connectivity index (χ1) is 7.35. The third kappa shape index (κ3) is 1.92. The van der Waals surface area contributed by atoms with Crippen LogP contribution in [0.4, 0.5) is 0 Å². The molecule has 15 heavy (non-hydrogen) atoms. The fourth-order valence-corrected chi connectivity index (χ4v) is 1.59. The number of aliphatic hydroxyl groups is 1. The monoisotopic (exact) mass is 202 g/mol. The van der Waals surface area contributed by atoms with Crippen LogP contribution >= 0.6 is 0 Å². The number of aliphatic hydroxyl groups excluding tert-OH is 1. The Labute approximate surface area is 89.0 Å². The van der Waals surface area contributed by atoms with Crippen LogP contribution in [0.5, 0.6) is 0 Å². The van der Waals surface area contributed by atoms with E-state index in [4.69, 9.17) is 5.11 Å². The summed E-state index contributed by atoms with van der Waals surface area (Å²) in [7, 11) is 0. The molecule has 78 valence electrons. The van der Waals surface area contributed by atoms with Gasteiger partial charge in [-0.2, -0.15) is 0 Å². The zero-order valence-electron chi connectivity index (χ0n) is 8.72. The van der Waals surface area contributed by atoms with Crippen molar-refractivity contribution < 1.29 is 5.11 Å². The van der Waals surface area contributed by atoms with Crippen molar-refractivity contribution in [2.75, 3.05) is 0 Å². The smallest absolute Gasteiger partial charge is 0.112 e. The number of hydrogen-bond acceptors (Lipinski definition) is 2. The standard InChI is InChI=1S/C12H14N2O/c1-2-12-13-7-8-14(12)11-5-3-10(9-15)4-6-11/h3-8,15H,2,9H2,1H3. The van der Waals surface area contributed by atoms with Gasteiger partial charge in [-0.25, -0.2) is 4.98 Å². The summed E-state index contributed by atoms with van der Waals surface area (Å²) in [5, 5.41) is 8.94. The van der Waals surface area contributed by atoms with Crippen LogP contribution in [0.15, 0.2) is 36.7 Å². The van der Waals surface area contributed by atoms with E-state index in [1.807, 2.05) is 30.5 Å². The first-order valence-corrected chi connectivity index (χ1v) is 5.07. The van der Waals surface area contributed by atoms with Crippen LogP contribution in [0.1, 0.15) is 18.3 Å². The van der Waals surface area contributed by atoms with E-state index in [1.165, 1.54) is 0 Å². The predicted molar refractivity (Wildman–Crippen MR) is 58.9 cm³/mol. The molecule has 0 fully saturated rings. The fraction of sp³-hybridized carbons (Fsp3) is 0.250. The number of rotatable bonds is 3. The Balaban J connectivity index is 2.37. The highest BCUT2D eigenvalue weighted by molar-refractivity contribution is 5.35. The number of aryl methyl sites for hydroxylation is 1. The zero-order valence-corrected chi connectivity index (χ0v) is 8.72. The van der Waals surface area contributed by atoms with Gasteiger partial charge in [-0.3, -0.25) is 0 Å². The van der Waals surface area contributed by atoms with Crippen LogP contribution in [0.3, 0.4) is 0 Å². The Morgan fingerprint density at radius 3 is 2.60 bits per heavy atom. The quantitative estimate of drug-likeness (QED) is 0.825. The maximum Gasteiger partial charge on any atom is 0.112 e. The van der Waals surface area contributed by atoms with Crippen LogP contribution in [0, 0.1) is 0 Å². The van der Waals surface area contributed by atoms with Crippen LogP contribution in [-0.2, 0) is 13.0 Å². The van der Waals surface area contributed by atoms with E-state index < -0.39 is 0 Å². The molecule has 0 spiro atoms. The molecule has 1 aromatic carbocycles.